The molecule has 2 aromatic rings. The van der Waals surface area contributed by atoms with Crippen molar-refractivity contribution < 1.29 is 9.90 Å². The molecule has 0 saturated carbocycles. The Labute approximate surface area is 103 Å². The molecule has 5 heteroatoms. The number of nitrogens with one attached hydrogen (secondary N) is 1. The van der Waals surface area contributed by atoms with E-state index in [-0.39, 0.29) is 5.56 Å². The molecule has 88 valence electrons. The molecule has 2 N–H and O–H groups in total. The lowest BCUT2D eigenvalue weighted by atomic mass is 10.1. The SMILES string of the molecule is Cc1ccc(C(=O)O)c(Nc2ncc(C)s2)c1. The summed E-state index contributed by atoms with van der Waals surface area (Å²) < 4.78 is 0. The number of nitrogens with zero attached hydrogens (tertiary/aromatic N) is 1. The number of carboxylic acid groups (broad SMARTS) is 1. The quantitative estimate of drug-likeness (QED) is 0.875. The minimum atomic E-state index is -0.944. The van der Waals surface area contributed by atoms with E-state index in [1.54, 1.807) is 24.4 Å². The lowest BCUT2D eigenvalue weighted by Gasteiger charge is -2.07. The molecule has 0 saturated heterocycles. The van der Waals surface area contributed by atoms with E-state index in [1.165, 1.54) is 11.3 Å². The predicted octanol–water partition coefficient (Wildman–Crippen LogP) is 3.20. The van der Waals surface area contributed by atoms with E-state index in [0.717, 1.165) is 10.4 Å². The van der Waals surface area contributed by atoms with Gasteiger partial charge in [0, 0.05) is 11.1 Å². The molecule has 0 fully saturated rings. The topological polar surface area (TPSA) is 62.2 Å². The van der Waals surface area contributed by atoms with Crippen LogP contribution in [0.3, 0.4) is 0 Å². The van der Waals surface area contributed by atoms with E-state index in [9.17, 15) is 4.79 Å². The molecular weight excluding hydrogens is 236 g/mol. The maximum Gasteiger partial charge on any atom is 0.337 e. The highest BCUT2D eigenvalue weighted by Crippen LogP contribution is 2.25. The average molecular weight is 248 g/mol. The summed E-state index contributed by atoms with van der Waals surface area (Å²) in [6.45, 7) is 3.88. The summed E-state index contributed by atoms with van der Waals surface area (Å²) in [6, 6.07) is 5.18. The Hall–Kier alpha value is -1.88. The summed E-state index contributed by atoms with van der Waals surface area (Å²) in [4.78, 5) is 16.3. The summed E-state index contributed by atoms with van der Waals surface area (Å²) in [6.07, 6.45) is 1.75. The van der Waals surface area contributed by atoms with Gasteiger partial charge in [0.15, 0.2) is 5.13 Å². The smallest absolute Gasteiger partial charge is 0.337 e. The minimum Gasteiger partial charge on any atom is -0.478 e. The van der Waals surface area contributed by atoms with Gasteiger partial charge in [0.2, 0.25) is 0 Å². The second-order valence-corrected chi connectivity index (χ2v) is 4.99. The first kappa shape index (κ1) is 11.6. The second kappa shape index (κ2) is 4.55. The number of carbonyl (C=O) groups is 1. The van der Waals surface area contributed by atoms with Crippen molar-refractivity contribution in [1.82, 2.24) is 4.98 Å². The number of rotatable bonds is 3. The number of aromatic carboxylic acids is 1. The molecule has 1 aromatic carbocycles. The third-order valence-corrected chi connectivity index (χ3v) is 3.10. The fourth-order valence-electron chi connectivity index (χ4n) is 1.48. The van der Waals surface area contributed by atoms with Gasteiger partial charge in [-0.05, 0) is 31.5 Å². The molecule has 0 radical (unpaired) electrons. The molecule has 2 rings (SSSR count). The third-order valence-electron chi connectivity index (χ3n) is 2.27. The van der Waals surface area contributed by atoms with Crippen LogP contribution >= 0.6 is 11.3 Å². The summed E-state index contributed by atoms with van der Waals surface area (Å²) in [5, 5.41) is 12.8. The summed E-state index contributed by atoms with van der Waals surface area (Å²) >= 11 is 1.49. The Balaban J connectivity index is 2.37. The lowest BCUT2D eigenvalue weighted by molar-refractivity contribution is 0.0698. The van der Waals surface area contributed by atoms with Crippen molar-refractivity contribution in [1.29, 1.82) is 0 Å². The van der Waals surface area contributed by atoms with Crippen LogP contribution < -0.4 is 5.32 Å². The van der Waals surface area contributed by atoms with Crippen LogP contribution in [0.1, 0.15) is 20.8 Å². The maximum atomic E-state index is 11.1. The van der Waals surface area contributed by atoms with Crippen LogP contribution in [0.25, 0.3) is 0 Å². The molecule has 0 bridgehead atoms. The highest BCUT2D eigenvalue weighted by atomic mass is 32.1. The number of hydrogen-bond donors (Lipinski definition) is 2. The van der Waals surface area contributed by atoms with Crippen LogP contribution in [0.2, 0.25) is 0 Å². The van der Waals surface area contributed by atoms with Gasteiger partial charge in [0.05, 0.1) is 11.3 Å². The number of thiazole rings is 1. The summed E-state index contributed by atoms with van der Waals surface area (Å²) in [5.74, 6) is -0.944. The highest BCUT2D eigenvalue weighted by molar-refractivity contribution is 7.15. The Morgan fingerprint density at radius 2 is 2.18 bits per heavy atom. The van der Waals surface area contributed by atoms with E-state index in [1.807, 2.05) is 13.8 Å². The van der Waals surface area contributed by atoms with E-state index >= 15 is 0 Å². The van der Waals surface area contributed by atoms with E-state index in [4.69, 9.17) is 5.11 Å². The lowest BCUT2D eigenvalue weighted by Crippen LogP contribution is -2.02. The Bertz CT molecular complexity index is 563. The molecule has 0 atom stereocenters. The Morgan fingerprint density at radius 1 is 1.41 bits per heavy atom. The van der Waals surface area contributed by atoms with Crippen molar-refractivity contribution in [3.63, 3.8) is 0 Å². The van der Waals surface area contributed by atoms with Crippen molar-refractivity contribution in [3.05, 3.63) is 40.4 Å². The van der Waals surface area contributed by atoms with Gasteiger partial charge in [0.25, 0.3) is 0 Å². The summed E-state index contributed by atoms with van der Waals surface area (Å²) in [7, 11) is 0. The average Bonchev–Trinajstić information content (AvgIpc) is 2.63. The molecule has 0 aliphatic carbocycles. The Morgan fingerprint density at radius 3 is 2.76 bits per heavy atom. The number of benzene rings is 1. The van der Waals surface area contributed by atoms with Gasteiger partial charge in [-0.2, -0.15) is 0 Å². The predicted molar refractivity (Wildman–Crippen MR) is 68.3 cm³/mol. The largest absolute Gasteiger partial charge is 0.478 e. The maximum absolute atomic E-state index is 11.1. The van der Waals surface area contributed by atoms with E-state index < -0.39 is 5.97 Å². The molecule has 0 aliphatic heterocycles. The minimum absolute atomic E-state index is 0.253. The monoisotopic (exact) mass is 248 g/mol. The van der Waals surface area contributed by atoms with Gasteiger partial charge >= 0.3 is 5.97 Å². The Kier molecular flexibility index (Phi) is 3.10. The molecule has 1 heterocycles. The summed E-state index contributed by atoms with van der Waals surface area (Å²) in [5.41, 5.74) is 1.83. The van der Waals surface area contributed by atoms with Gasteiger partial charge in [-0.25, -0.2) is 9.78 Å². The van der Waals surface area contributed by atoms with Gasteiger partial charge in [-0.1, -0.05) is 6.07 Å². The number of hydrogen-bond acceptors (Lipinski definition) is 4. The van der Waals surface area contributed by atoms with Gasteiger partial charge < -0.3 is 10.4 Å². The van der Waals surface area contributed by atoms with Crippen molar-refractivity contribution in [2.45, 2.75) is 13.8 Å². The zero-order valence-electron chi connectivity index (χ0n) is 9.52. The second-order valence-electron chi connectivity index (χ2n) is 3.76. The first-order chi connectivity index (χ1) is 8.06. The van der Waals surface area contributed by atoms with Crippen LogP contribution in [-0.4, -0.2) is 16.1 Å². The van der Waals surface area contributed by atoms with Crippen molar-refractivity contribution in [2.24, 2.45) is 0 Å². The molecule has 17 heavy (non-hydrogen) atoms. The standard InChI is InChI=1S/C12H12N2O2S/c1-7-3-4-9(11(15)16)10(5-7)14-12-13-6-8(2)17-12/h3-6H,1-2H3,(H,13,14)(H,15,16). The fraction of sp³-hybridized carbons (Fsp3) is 0.167. The first-order valence-electron chi connectivity index (χ1n) is 5.09. The van der Waals surface area contributed by atoms with Crippen LogP contribution in [-0.2, 0) is 0 Å². The number of anilines is 2. The van der Waals surface area contributed by atoms with Crippen molar-refractivity contribution >= 4 is 28.1 Å². The van der Waals surface area contributed by atoms with E-state index in [2.05, 4.69) is 10.3 Å². The van der Waals surface area contributed by atoms with E-state index in [0.29, 0.717) is 10.8 Å². The number of carboxylic acids is 1. The highest BCUT2D eigenvalue weighted by Gasteiger charge is 2.11. The van der Waals surface area contributed by atoms with Crippen molar-refractivity contribution in [2.75, 3.05) is 5.32 Å². The zero-order valence-corrected chi connectivity index (χ0v) is 10.3. The molecule has 0 aliphatic rings. The fourth-order valence-corrected chi connectivity index (χ4v) is 2.15. The molecule has 1 aromatic heterocycles. The third kappa shape index (κ3) is 2.62. The molecule has 0 spiro atoms. The molecule has 4 nitrogen and oxygen atoms in total. The molecular formula is C12H12N2O2S. The van der Waals surface area contributed by atoms with Crippen LogP contribution in [0.4, 0.5) is 10.8 Å². The van der Waals surface area contributed by atoms with Crippen LogP contribution in [0, 0.1) is 13.8 Å². The molecule has 0 unspecified atom stereocenters. The van der Waals surface area contributed by atoms with Gasteiger partial charge in [-0.3, -0.25) is 0 Å². The van der Waals surface area contributed by atoms with Gasteiger partial charge in [0.1, 0.15) is 0 Å². The normalized spacial score (nSPS) is 10.2. The first-order valence-corrected chi connectivity index (χ1v) is 5.91. The zero-order chi connectivity index (χ0) is 12.4. The van der Waals surface area contributed by atoms with Crippen LogP contribution in [0.5, 0.6) is 0 Å². The number of aromatic nitrogens is 1. The van der Waals surface area contributed by atoms with Crippen LogP contribution in [0.15, 0.2) is 24.4 Å². The van der Waals surface area contributed by atoms with Crippen molar-refractivity contribution in [3.8, 4) is 0 Å². The van der Waals surface area contributed by atoms with Gasteiger partial charge in [-0.15, -0.1) is 11.3 Å². The molecule has 0 amide bonds. The number of aryl methyl sites for hydroxylation is 2.